The van der Waals surface area contributed by atoms with Gasteiger partial charge < -0.3 is 4.74 Å². The number of hydrogen-bond donors (Lipinski definition) is 0. The van der Waals surface area contributed by atoms with Crippen LogP contribution in [0.25, 0.3) is 0 Å². The first-order valence-electron chi connectivity index (χ1n) is 12.5. The van der Waals surface area contributed by atoms with Crippen LogP contribution < -0.4 is 0 Å². The summed E-state index contributed by atoms with van der Waals surface area (Å²) in [5.41, 5.74) is 0.0698. The second-order valence-corrected chi connectivity index (χ2v) is 10.2. The summed E-state index contributed by atoms with van der Waals surface area (Å²) in [6, 6.07) is 4.64. The molecule has 1 aliphatic carbocycles. The molecule has 248 valence electrons. The van der Waals surface area contributed by atoms with Crippen LogP contribution >= 0.6 is 0 Å². The van der Waals surface area contributed by atoms with Crippen LogP contribution in [0.3, 0.4) is 0 Å². The van der Waals surface area contributed by atoms with E-state index in [2.05, 4.69) is 4.74 Å². The van der Waals surface area contributed by atoms with Gasteiger partial charge >= 0.3 is 53.9 Å². The summed E-state index contributed by atoms with van der Waals surface area (Å²) in [5, 5.41) is 0. The Morgan fingerprint density at radius 1 is 0.721 bits per heavy atom. The van der Waals surface area contributed by atoms with E-state index in [9.17, 15) is 75.0 Å². The van der Waals surface area contributed by atoms with Crippen molar-refractivity contribution in [3.05, 3.63) is 35.4 Å². The van der Waals surface area contributed by atoms with Crippen LogP contribution in [0.1, 0.15) is 67.3 Å². The molecule has 0 heterocycles. The Labute approximate surface area is 233 Å². The van der Waals surface area contributed by atoms with E-state index >= 15 is 0 Å². The molecule has 18 heteroatoms. The molecule has 0 radical (unpaired) electrons. The van der Waals surface area contributed by atoms with E-state index in [1.54, 1.807) is 0 Å². The van der Waals surface area contributed by atoms with Gasteiger partial charge in [0.25, 0.3) is 0 Å². The van der Waals surface area contributed by atoms with Crippen molar-refractivity contribution in [1.82, 2.24) is 0 Å². The first kappa shape index (κ1) is 36.8. The molecule has 0 bridgehead atoms. The Morgan fingerprint density at radius 3 is 1.60 bits per heavy atom. The van der Waals surface area contributed by atoms with E-state index in [4.69, 9.17) is 0 Å². The van der Waals surface area contributed by atoms with E-state index in [-0.39, 0.29) is 5.92 Å². The van der Waals surface area contributed by atoms with Gasteiger partial charge in [-0.1, -0.05) is 31.9 Å². The van der Waals surface area contributed by atoms with Gasteiger partial charge in [-0.2, -0.15) is 61.5 Å². The number of benzene rings is 1. The molecule has 0 amide bonds. The molecule has 1 aromatic rings. The van der Waals surface area contributed by atoms with Crippen molar-refractivity contribution in [2.75, 3.05) is 6.61 Å². The molecule has 0 saturated heterocycles. The van der Waals surface area contributed by atoms with Gasteiger partial charge in [0.2, 0.25) is 0 Å². The number of halogens is 16. The van der Waals surface area contributed by atoms with Gasteiger partial charge in [-0.05, 0) is 55.2 Å². The lowest BCUT2D eigenvalue weighted by Crippen LogP contribution is -2.74. The van der Waals surface area contributed by atoms with E-state index in [0.29, 0.717) is 11.5 Å². The lowest BCUT2D eigenvalue weighted by molar-refractivity contribution is -0.447. The monoisotopic (exact) mass is 660 g/mol. The molecule has 0 aromatic heterocycles. The quantitative estimate of drug-likeness (QED) is 0.156. The molecule has 2 nitrogen and oxygen atoms in total. The zero-order valence-corrected chi connectivity index (χ0v) is 21.9. The van der Waals surface area contributed by atoms with Gasteiger partial charge in [-0.25, -0.2) is 13.6 Å². The van der Waals surface area contributed by atoms with Crippen LogP contribution in [-0.4, -0.2) is 60.5 Å². The maximum absolute atomic E-state index is 14.0. The number of hydrogen-bond acceptors (Lipinski definition) is 2. The molecular weight excluding hydrogens is 636 g/mol. The van der Waals surface area contributed by atoms with Crippen molar-refractivity contribution in [3.8, 4) is 0 Å². The molecule has 1 fully saturated rings. The lowest BCUT2D eigenvalue weighted by atomic mass is 9.77. The van der Waals surface area contributed by atoms with Crippen molar-refractivity contribution in [2.24, 2.45) is 5.92 Å². The molecule has 0 aliphatic heterocycles. The van der Waals surface area contributed by atoms with Gasteiger partial charge in [0.1, 0.15) is 0 Å². The average Bonchev–Trinajstić information content (AvgIpc) is 2.91. The third-order valence-corrected chi connectivity index (χ3v) is 7.28. The predicted octanol–water partition coefficient (Wildman–Crippen LogP) is 9.63. The molecule has 1 aliphatic rings. The van der Waals surface area contributed by atoms with Gasteiger partial charge in [0.05, 0.1) is 5.56 Å². The Kier molecular flexibility index (Phi) is 10.4. The highest BCUT2D eigenvalue weighted by atomic mass is 19.4. The maximum atomic E-state index is 14.0. The fraction of sp³-hybridized carbons (Fsp3) is 0.720. The van der Waals surface area contributed by atoms with Crippen LogP contribution in [0.5, 0.6) is 0 Å². The van der Waals surface area contributed by atoms with Crippen LogP contribution in [0.4, 0.5) is 70.2 Å². The molecule has 43 heavy (non-hydrogen) atoms. The number of esters is 1. The highest BCUT2D eigenvalue weighted by Gasteiger charge is 2.93. The zero-order chi connectivity index (χ0) is 33.4. The summed E-state index contributed by atoms with van der Waals surface area (Å²) in [7, 11) is 0. The van der Waals surface area contributed by atoms with Crippen LogP contribution in [0.15, 0.2) is 24.3 Å². The minimum Gasteiger partial charge on any atom is -0.455 e. The second-order valence-electron chi connectivity index (χ2n) is 10.2. The van der Waals surface area contributed by atoms with Crippen molar-refractivity contribution in [2.45, 2.75) is 99.2 Å². The minimum atomic E-state index is -8.50. The molecule has 0 unspecified atom stereocenters. The molecule has 1 aromatic carbocycles. The standard InChI is InChI=1S/C25H24F16O2/c1-2-3-13-4-6-14(7-5-13)15-8-10-16(11-9-15)17(42)43-12-19(28,29)21(32,33)23(36,37)25(40,41)24(38,39)22(34,35)20(30,31)18(26)27/h8-11,13-14,18H,2-7,12H2,1H3/t13-,14-. The third kappa shape index (κ3) is 6.25. The van der Waals surface area contributed by atoms with E-state index < -0.39 is 66.0 Å². The first-order chi connectivity index (χ1) is 19.3. The number of ether oxygens (including phenoxy) is 1. The molecular formula is C25H24F16O2. The van der Waals surface area contributed by atoms with Crippen molar-refractivity contribution in [1.29, 1.82) is 0 Å². The molecule has 2 rings (SSSR count). The smallest absolute Gasteiger partial charge is 0.385 e. The highest BCUT2D eigenvalue weighted by Crippen LogP contribution is 2.62. The van der Waals surface area contributed by atoms with E-state index in [1.807, 2.05) is 6.92 Å². The summed E-state index contributed by atoms with van der Waals surface area (Å²) in [6.07, 6.45) is -0.498. The number of rotatable bonds is 13. The number of alkyl halides is 16. The highest BCUT2D eigenvalue weighted by molar-refractivity contribution is 5.89. The summed E-state index contributed by atoms with van der Waals surface area (Å²) < 4.78 is 218. The normalized spacial score (nSPS) is 20.0. The SMILES string of the molecule is CCC[C@H]1CC[C@H](c2ccc(C(=O)OCC(F)(F)C(F)(F)C(F)(F)C(F)(F)C(F)(F)C(F)(F)C(F)(F)C(F)F)cc2)CC1. The van der Waals surface area contributed by atoms with Crippen molar-refractivity contribution in [3.63, 3.8) is 0 Å². The van der Waals surface area contributed by atoms with Gasteiger partial charge in [-0.3, -0.25) is 0 Å². The second kappa shape index (κ2) is 12.2. The summed E-state index contributed by atoms with van der Waals surface area (Å²) in [4.78, 5) is 12.0. The first-order valence-corrected chi connectivity index (χ1v) is 12.5. The van der Waals surface area contributed by atoms with Gasteiger partial charge in [0, 0.05) is 0 Å². The maximum Gasteiger partial charge on any atom is 0.385 e. The Hall–Kier alpha value is -2.43. The van der Waals surface area contributed by atoms with Crippen molar-refractivity contribution >= 4 is 5.97 Å². The molecule has 1 saturated carbocycles. The van der Waals surface area contributed by atoms with Crippen LogP contribution in [0.2, 0.25) is 0 Å². The molecule has 0 atom stereocenters. The topological polar surface area (TPSA) is 26.3 Å². The minimum absolute atomic E-state index is 0.0521. The van der Waals surface area contributed by atoms with Crippen LogP contribution in [-0.2, 0) is 4.74 Å². The van der Waals surface area contributed by atoms with Crippen molar-refractivity contribution < 1.29 is 79.8 Å². The van der Waals surface area contributed by atoms with Crippen LogP contribution in [0, 0.1) is 5.92 Å². The molecule has 0 N–H and O–H groups in total. The Bertz CT molecular complexity index is 1090. The lowest BCUT2D eigenvalue weighted by Gasteiger charge is -2.42. The Morgan fingerprint density at radius 2 is 1.16 bits per heavy atom. The van der Waals surface area contributed by atoms with E-state index in [1.165, 1.54) is 12.1 Å². The fourth-order valence-corrected chi connectivity index (χ4v) is 4.58. The Balaban J connectivity index is 2.21. The summed E-state index contributed by atoms with van der Waals surface area (Å²) in [5.74, 6) is -56.8. The van der Waals surface area contributed by atoms with Gasteiger partial charge in [0.15, 0.2) is 6.61 Å². The number of carbonyl (C=O) groups is 1. The summed E-state index contributed by atoms with van der Waals surface area (Å²) >= 11 is 0. The average molecular weight is 660 g/mol. The third-order valence-electron chi connectivity index (χ3n) is 7.28. The molecule has 0 spiro atoms. The predicted molar refractivity (Wildman–Crippen MR) is 117 cm³/mol. The van der Waals surface area contributed by atoms with E-state index in [0.717, 1.165) is 50.7 Å². The number of carbonyl (C=O) groups excluding carboxylic acids is 1. The largest absolute Gasteiger partial charge is 0.455 e. The van der Waals surface area contributed by atoms with Gasteiger partial charge in [-0.15, -0.1) is 0 Å². The fourth-order valence-electron chi connectivity index (χ4n) is 4.58. The summed E-state index contributed by atoms with van der Waals surface area (Å²) in [6.45, 7) is -1.17. The zero-order valence-electron chi connectivity index (χ0n) is 21.9.